The summed E-state index contributed by atoms with van der Waals surface area (Å²) in [4.78, 5) is 12.0. The van der Waals surface area contributed by atoms with Gasteiger partial charge in [0.05, 0.1) is 5.69 Å². The molecule has 0 aliphatic heterocycles. The van der Waals surface area contributed by atoms with Crippen molar-refractivity contribution in [1.82, 2.24) is 0 Å². The second kappa shape index (κ2) is 6.18. The van der Waals surface area contributed by atoms with Gasteiger partial charge in [-0.1, -0.05) is 45.0 Å². The third-order valence-electron chi connectivity index (χ3n) is 3.21. The molecule has 0 atom stereocenters. The summed E-state index contributed by atoms with van der Waals surface area (Å²) in [6.45, 7) is 7.20. The maximum absolute atomic E-state index is 14.5. The van der Waals surface area contributed by atoms with Crippen molar-refractivity contribution in [3.05, 3.63) is 53.8 Å². The molecule has 0 saturated heterocycles. The zero-order chi connectivity index (χ0) is 16.3. The predicted octanol–water partition coefficient (Wildman–Crippen LogP) is 4.91. The summed E-state index contributed by atoms with van der Waals surface area (Å²) >= 11 is 0. The van der Waals surface area contributed by atoms with Crippen LogP contribution in [-0.2, 0) is 4.79 Å². The molecule has 116 valence electrons. The number of benzene rings is 2. The number of anilines is 1. The van der Waals surface area contributed by atoms with Crippen molar-refractivity contribution in [3.63, 3.8) is 0 Å². The monoisotopic (exact) mass is 301 g/mol. The molecule has 2 rings (SSSR count). The number of halogens is 1. The van der Waals surface area contributed by atoms with E-state index in [1.165, 1.54) is 12.1 Å². The molecule has 0 aliphatic carbocycles. The first-order valence-corrected chi connectivity index (χ1v) is 7.12. The summed E-state index contributed by atoms with van der Waals surface area (Å²) in [6.07, 6.45) is 0. The number of amides is 1. The number of rotatable bonds is 3. The lowest BCUT2D eigenvalue weighted by molar-refractivity contribution is -0.123. The van der Waals surface area contributed by atoms with Crippen LogP contribution < -0.4 is 10.1 Å². The van der Waals surface area contributed by atoms with Gasteiger partial charge in [0.15, 0.2) is 11.6 Å². The Morgan fingerprint density at radius 3 is 2.32 bits per heavy atom. The second-order valence-electron chi connectivity index (χ2n) is 6.19. The molecule has 1 amide bonds. The molecule has 0 spiro atoms. The van der Waals surface area contributed by atoms with Crippen molar-refractivity contribution in [3.8, 4) is 11.5 Å². The molecule has 0 heterocycles. The van der Waals surface area contributed by atoms with Gasteiger partial charge in [0, 0.05) is 5.41 Å². The smallest absolute Gasteiger partial charge is 0.229 e. The Morgan fingerprint density at radius 1 is 1.05 bits per heavy atom. The first-order chi connectivity index (χ1) is 10.3. The van der Waals surface area contributed by atoms with E-state index >= 15 is 0 Å². The van der Waals surface area contributed by atoms with Crippen molar-refractivity contribution in [2.75, 3.05) is 5.32 Å². The second-order valence-corrected chi connectivity index (χ2v) is 6.19. The van der Waals surface area contributed by atoms with E-state index in [9.17, 15) is 9.18 Å². The molecule has 0 unspecified atom stereocenters. The largest absolute Gasteiger partial charge is 0.454 e. The van der Waals surface area contributed by atoms with Crippen LogP contribution >= 0.6 is 0 Å². The van der Waals surface area contributed by atoms with E-state index in [1.807, 2.05) is 25.1 Å². The van der Waals surface area contributed by atoms with Gasteiger partial charge in [-0.3, -0.25) is 4.79 Å². The van der Waals surface area contributed by atoms with Crippen molar-refractivity contribution in [2.45, 2.75) is 27.7 Å². The molecule has 0 fully saturated rings. The van der Waals surface area contributed by atoms with Crippen LogP contribution in [0.15, 0.2) is 42.5 Å². The van der Waals surface area contributed by atoms with Gasteiger partial charge in [0.1, 0.15) is 5.75 Å². The quantitative estimate of drug-likeness (QED) is 0.874. The SMILES string of the molecule is Cc1ccccc1Oc1cccc(NC(=O)C(C)(C)C)c1F. The van der Waals surface area contributed by atoms with Crippen molar-refractivity contribution < 1.29 is 13.9 Å². The summed E-state index contributed by atoms with van der Waals surface area (Å²) in [5.41, 5.74) is 0.427. The van der Waals surface area contributed by atoms with E-state index in [0.717, 1.165) is 5.56 Å². The average Bonchev–Trinajstić information content (AvgIpc) is 2.44. The highest BCUT2D eigenvalue weighted by atomic mass is 19.1. The number of hydrogen-bond donors (Lipinski definition) is 1. The van der Waals surface area contributed by atoms with Crippen LogP contribution in [0, 0.1) is 18.2 Å². The number of carbonyl (C=O) groups excluding carboxylic acids is 1. The summed E-state index contributed by atoms with van der Waals surface area (Å²) in [5.74, 6) is -0.162. The highest BCUT2D eigenvalue weighted by molar-refractivity contribution is 5.94. The minimum atomic E-state index is -0.598. The van der Waals surface area contributed by atoms with Crippen molar-refractivity contribution in [1.29, 1.82) is 0 Å². The maximum atomic E-state index is 14.5. The van der Waals surface area contributed by atoms with E-state index in [0.29, 0.717) is 5.75 Å². The molecule has 0 aromatic heterocycles. The molecular formula is C18H20FNO2. The average molecular weight is 301 g/mol. The molecule has 1 N–H and O–H groups in total. The highest BCUT2D eigenvalue weighted by Crippen LogP contribution is 2.31. The van der Waals surface area contributed by atoms with Crippen LogP contribution in [0.1, 0.15) is 26.3 Å². The fraction of sp³-hybridized carbons (Fsp3) is 0.278. The van der Waals surface area contributed by atoms with Gasteiger partial charge in [-0.25, -0.2) is 4.39 Å². The Hall–Kier alpha value is -2.36. The molecule has 0 radical (unpaired) electrons. The van der Waals surface area contributed by atoms with Crippen LogP contribution in [-0.4, -0.2) is 5.91 Å². The number of aryl methyl sites for hydroxylation is 1. The number of hydrogen-bond acceptors (Lipinski definition) is 2. The molecule has 2 aromatic rings. The van der Waals surface area contributed by atoms with Gasteiger partial charge in [-0.2, -0.15) is 0 Å². The van der Waals surface area contributed by atoms with Crippen LogP contribution in [0.5, 0.6) is 11.5 Å². The fourth-order valence-electron chi connectivity index (χ4n) is 1.79. The summed E-state index contributed by atoms with van der Waals surface area (Å²) in [5, 5.41) is 2.60. The van der Waals surface area contributed by atoms with E-state index in [4.69, 9.17) is 4.74 Å². The molecule has 22 heavy (non-hydrogen) atoms. The number of nitrogens with one attached hydrogen (secondary N) is 1. The fourth-order valence-corrected chi connectivity index (χ4v) is 1.79. The van der Waals surface area contributed by atoms with Gasteiger partial charge in [-0.15, -0.1) is 0 Å². The normalized spacial score (nSPS) is 11.1. The van der Waals surface area contributed by atoms with Gasteiger partial charge >= 0.3 is 0 Å². The van der Waals surface area contributed by atoms with Gasteiger partial charge in [-0.05, 0) is 30.7 Å². The minimum absolute atomic E-state index is 0.0843. The van der Waals surface area contributed by atoms with E-state index in [-0.39, 0.29) is 17.3 Å². The Bertz CT molecular complexity index is 690. The minimum Gasteiger partial charge on any atom is -0.454 e. The van der Waals surface area contributed by atoms with E-state index in [2.05, 4.69) is 5.32 Å². The summed E-state index contributed by atoms with van der Waals surface area (Å²) in [7, 11) is 0. The van der Waals surface area contributed by atoms with E-state index in [1.54, 1.807) is 32.9 Å². The molecule has 3 nitrogen and oxygen atoms in total. The van der Waals surface area contributed by atoms with Crippen molar-refractivity contribution >= 4 is 11.6 Å². The standard InChI is InChI=1S/C18H20FNO2/c1-12-8-5-6-10-14(12)22-15-11-7-9-13(16(15)19)20-17(21)18(2,3)4/h5-11H,1-4H3,(H,20,21). The Kier molecular flexibility index (Phi) is 4.50. The van der Waals surface area contributed by atoms with Crippen LogP contribution in [0.4, 0.5) is 10.1 Å². The Morgan fingerprint density at radius 2 is 1.68 bits per heavy atom. The molecular weight excluding hydrogens is 281 g/mol. The topological polar surface area (TPSA) is 38.3 Å². The Labute approximate surface area is 130 Å². The lowest BCUT2D eigenvalue weighted by atomic mass is 9.95. The first-order valence-electron chi connectivity index (χ1n) is 7.12. The van der Waals surface area contributed by atoms with Gasteiger partial charge in [0.25, 0.3) is 0 Å². The van der Waals surface area contributed by atoms with Crippen molar-refractivity contribution in [2.24, 2.45) is 5.41 Å². The lowest BCUT2D eigenvalue weighted by Gasteiger charge is -2.18. The molecule has 4 heteroatoms. The maximum Gasteiger partial charge on any atom is 0.229 e. The van der Waals surface area contributed by atoms with E-state index < -0.39 is 11.2 Å². The summed E-state index contributed by atoms with van der Waals surface area (Å²) in [6, 6.07) is 12.1. The number of para-hydroxylation sites is 1. The van der Waals surface area contributed by atoms with Gasteiger partial charge < -0.3 is 10.1 Å². The lowest BCUT2D eigenvalue weighted by Crippen LogP contribution is -2.28. The molecule has 0 bridgehead atoms. The van der Waals surface area contributed by atoms with Crippen LogP contribution in [0.25, 0.3) is 0 Å². The molecule has 0 aliphatic rings. The number of carbonyl (C=O) groups is 1. The van der Waals surface area contributed by atoms with Gasteiger partial charge in [0.2, 0.25) is 5.91 Å². The van der Waals surface area contributed by atoms with Crippen LogP contribution in [0.2, 0.25) is 0 Å². The third-order valence-corrected chi connectivity index (χ3v) is 3.21. The Balaban J connectivity index is 2.27. The zero-order valence-corrected chi connectivity index (χ0v) is 13.2. The third kappa shape index (κ3) is 3.64. The summed E-state index contributed by atoms with van der Waals surface area (Å²) < 4.78 is 20.1. The zero-order valence-electron chi connectivity index (χ0n) is 13.2. The number of ether oxygens (including phenoxy) is 1. The predicted molar refractivity (Wildman–Crippen MR) is 85.7 cm³/mol. The van der Waals surface area contributed by atoms with Crippen LogP contribution in [0.3, 0.4) is 0 Å². The molecule has 0 saturated carbocycles. The molecule has 2 aromatic carbocycles. The highest BCUT2D eigenvalue weighted by Gasteiger charge is 2.23. The first kappa shape index (κ1) is 16.0.